The maximum absolute atomic E-state index is 15.0. The Morgan fingerprint density at radius 1 is 1.26 bits per heavy atom. The van der Waals surface area contributed by atoms with Crippen molar-refractivity contribution in [3.8, 4) is 11.1 Å². The van der Waals surface area contributed by atoms with Crippen molar-refractivity contribution in [1.82, 2.24) is 14.8 Å². The molecule has 35 heavy (non-hydrogen) atoms. The molecule has 1 fully saturated rings. The van der Waals surface area contributed by atoms with Gasteiger partial charge in [-0.15, -0.1) is 0 Å². The number of carbonyl (C=O) groups is 2. The minimum absolute atomic E-state index is 0.101. The van der Waals surface area contributed by atoms with Gasteiger partial charge in [-0.3, -0.25) is 14.3 Å². The Morgan fingerprint density at radius 2 is 2.03 bits per heavy atom. The molecule has 1 saturated carbocycles. The van der Waals surface area contributed by atoms with E-state index in [0.29, 0.717) is 46.7 Å². The van der Waals surface area contributed by atoms with E-state index in [1.807, 2.05) is 33.9 Å². The predicted octanol–water partition coefficient (Wildman–Crippen LogP) is 6.67. The number of amides is 1. The van der Waals surface area contributed by atoms with Gasteiger partial charge in [0.25, 0.3) is 0 Å². The third-order valence-corrected chi connectivity index (χ3v) is 7.27. The zero-order chi connectivity index (χ0) is 25.3. The zero-order valence-corrected chi connectivity index (χ0v) is 21.5. The van der Waals surface area contributed by atoms with Crippen LogP contribution in [0.2, 0.25) is 5.02 Å². The van der Waals surface area contributed by atoms with Gasteiger partial charge in [0, 0.05) is 48.6 Å². The molecule has 4 rings (SSSR count). The second kappa shape index (κ2) is 10.4. The molecule has 1 amide bonds. The summed E-state index contributed by atoms with van der Waals surface area (Å²) in [7, 11) is 1.81. The summed E-state index contributed by atoms with van der Waals surface area (Å²) in [5.74, 6) is 0.357. The fraction of sp³-hybridized carbons (Fsp3) is 0.481. The van der Waals surface area contributed by atoms with Crippen molar-refractivity contribution in [2.24, 2.45) is 18.9 Å². The van der Waals surface area contributed by atoms with Crippen molar-refractivity contribution in [2.45, 2.75) is 65.2 Å². The Morgan fingerprint density at radius 3 is 2.74 bits per heavy atom. The number of hydrogen-bond acceptors (Lipinski definition) is 4. The van der Waals surface area contributed by atoms with Crippen LogP contribution < -0.4 is 5.32 Å². The first kappa shape index (κ1) is 25.3. The molecule has 2 atom stereocenters. The van der Waals surface area contributed by atoms with Gasteiger partial charge in [-0.1, -0.05) is 38.8 Å². The largest absolute Gasteiger partial charge is 0.310 e. The summed E-state index contributed by atoms with van der Waals surface area (Å²) in [6, 6.07) is 5.00. The van der Waals surface area contributed by atoms with E-state index >= 15 is 0 Å². The lowest BCUT2D eigenvalue weighted by molar-refractivity contribution is -0.123. The van der Waals surface area contributed by atoms with E-state index < -0.39 is 5.82 Å². The highest BCUT2D eigenvalue weighted by molar-refractivity contribution is 6.33. The van der Waals surface area contributed by atoms with Crippen LogP contribution in [0.5, 0.6) is 0 Å². The van der Waals surface area contributed by atoms with Crippen LogP contribution >= 0.6 is 11.6 Å². The summed E-state index contributed by atoms with van der Waals surface area (Å²) in [4.78, 5) is 29.2. The number of Topliss-reactive ketones (excluding diaryl/α,β-unsaturated/α-hetero) is 1. The number of fused-ring (bicyclic) bond motifs is 1. The second-order valence-electron chi connectivity index (χ2n) is 9.88. The smallest absolute Gasteiger partial charge is 0.228 e. The highest BCUT2D eigenvalue weighted by atomic mass is 35.5. The average molecular weight is 499 g/mol. The van der Waals surface area contributed by atoms with Crippen molar-refractivity contribution < 1.29 is 14.0 Å². The Bertz CT molecular complexity index is 1270. The molecule has 186 valence electrons. The molecule has 1 aromatic carbocycles. The maximum Gasteiger partial charge on any atom is 0.228 e. The molecule has 0 spiro atoms. The zero-order valence-electron chi connectivity index (χ0n) is 20.7. The van der Waals surface area contributed by atoms with E-state index in [4.69, 9.17) is 11.6 Å². The number of benzene rings is 1. The van der Waals surface area contributed by atoms with Crippen LogP contribution in [0.25, 0.3) is 22.0 Å². The van der Waals surface area contributed by atoms with E-state index in [9.17, 15) is 14.0 Å². The van der Waals surface area contributed by atoms with Gasteiger partial charge in [0.15, 0.2) is 5.82 Å². The van der Waals surface area contributed by atoms with Crippen LogP contribution in [-0.2, 0) is 16.6 Å². The summed E-state index contributed by atoms with van der Waals surface area (Å²) in [6.07, 6.45) is 5.98. The van der Waals surface area contributed by atoms with Crippen LogP contribution in [-0.4, -0.2) is 26.5 Å². The highest BCUT2D eigenvalue weighted by Crippen LogP contribution is 2.36. The van der Waals surface area contributed by atoms with Gasteiger partial charge in [-0.05, 0) is 54.9 Å². The molecular weight excluding hydrogens is 467 g/mol. The molecule has 1 aliphatic rings. The average Bonchev–Trinajstić information content (AvgIpc) is 3.17. The van der Waals surface area contributed by atoms with E-state index in [1.165, 1.54) is 12.3 Å². The monoisotopic (exact) mass is 498 g/mol. The SMILES string of the molecule is CCC(=O)C[C@@H]1CCC[C@H](C(=O)Nc2cc(-c3cc(F)c4nn(C)c(C(C)C)c4c3)c(Cl)cn2)C1. The summed E-state index contributed by atoms with van der Waals surface area (Å²) in [5.41, 5.74) is 2.45. The van der Waals surface area contributed by atoms with Crippen LogP contribution in [0.15, 0.2) is 24.4 Å². The molecule has 1 aliphatic carbocycles. The molecule has 8 heteroatoms. The predicted molar refractivity (Wildman–Crippen MR) is 137 cm³/mol. The number of nitrogens with one attached hydrogen (secondary N) is 1. The Balaban J connectivity index is 1.59. The molecule has 2 aromatic heterocycles. The third-order valence-electron chi connectivity index (χ3n) is 6.97. The lowest BCUT2D eigenvalue weighted by atomic mass is 9.78. The first-order chi connectivity index (χ1) is 16.7. The number of pyridine rings is 1. The molecule has 3 aromatic rings. The first-order valence-electron chi connectivity index (χ1n) is 12.3. The van der Waals surface area contributed by atoms with Gasteiger partial charge in [-0.2, -0.15) is 5.10 Å². The van der Waals surface area contributed by atoms with Crippen LogP contribution in [0.1, 0.15) is 70.9 Å². The number of rotatable bonds is 7. The summed E-state index contributed by atoms with van der Waals surface area (Å²) >= 11 is 6.46. The number of aryl methyl sites for hydroxylation is 1. The number of carbonyl (C=O) groups excluding carboxylic acids is 2. The molecule has 2 heterocycles. The van der Waals surface area contributed by atoms with E-state index in [-0.39, 0.29) is 29.4 Å². The molecule has 6 nitrogen and oxygen atoms in total. The highest BCUT2D eigenvalue weighted by Gasteiger charge is 2.28. The molecule has 0 aliphatic heterocycles. The molecule has 0 bridgehead atoms. The lowest BCUT2D eigenvalue weighted by Gasteiger charge is -2.27. The fourth-order valence-electron chi connectivity index (χ4n) is 5.25. The number of halogens is 2. The van der Waals surface area contributed by atoms with Gasteiger partial charge < -0.3 is 5.32 Å². The van der Waals surface area contributed by atoms with E-state index in [0.717, 1.165) is 30.3 Å². The molecule has 1 N–H and O–H groups in total. The van der Waals surface area contributed by atoms with Gasteiger partial charge in [0.05, 0.1) is 5.02 Å². The van der Waals surface area contributed by atoms with E-state index in [1.54, 1.807) is 10.7 Å². The van der Waals surface area contributed by atoms with Crippen molar-refractivity contribution in [2.75, 3.05) is 5.32 Å². The van der Waals surface area contributed by atoms with Gasteiger partial charge in [0.1, 0.15) is 17.1 Å². The topological polar surface area (TPSA) is 76.9 Å². The van der Waals surface area contributed by atoms with Gasteiger partial charge >= 0.3 is 0 Å². The van der Waals surface area contributed by atoms with E-state index in [2.05, 4.69) is 15.4 Å². The third kappa shape index (κ3) is 5.40. The van der Waals surface area contributed by atoms with Crippen molar-refractivity contribution in [3.05, 3.63) is 40.9 Å². The van der Waals surface area contributed by atoms with Crippen LogP contribution in [0.3, 0.4) is 0 Å². The second-order valence-corrected chi connectivity index (χ2v) is 10.3. The van der Waals surface area contributed by atoms with Gasteiger partial charge in [0.2, 0.25) is 5.91 Å². The van der Waals surface area contributed by atoms with Crippen LogP contribution in [0.4, 0.5) is 10.2 Å². The number of hydrogen-bond donors (Lipinski definition) is 1. The Labute approximate surface area is 210 Å². The minimum atomic E-state index is -0.423. The maximum atomic E-state index is 15.0. The number of nitrogens with zero attached hydrogens (tertiary/aromatic N) is 3. The van der Waals surface area contributed by atoms with Crippen molar-refractivity contribution >= 4 is 40.0 Å². The Kier molecular flexibility index (Phi) is 7.55. The lowest BCUT2D eigenvalue weighted by Crippen LogP contribution is -2.29. The minimum Gasteiger partial charge on any atom is -0.310 e. The first-order valence-corrected chi connectivity index (χ1v) is 12.7. The van der Waals surface area contributed by atoms with Crippen LogP contribution in [0, 0.1) is 17.7 Å². The van der Waals surface area contributed by atoms with Crippen molar-refractivity contribution in [3.63, 3.8) is 0 Å². The number of aromatic nitrogens is 3. The Hall–Kier alpha value is -2.80. The molecular formula is C27H32ClFN4O2. The van der Waals surface area contributed by atoms with Crippen molar-refractivity contribution in [1.29, 1.82) is 0 Å². The molecule has 0 saturated heterocycles. The number of ketones is 1. The quantitative estimate of drug-likeness (QED) is 0.395. The molecule has 0 unspecified atom stereocenters. The summed E-state index contributed by atoms with van der Waals surface area (Å²) in [6.45, 7) is 5.96. The molecule has 0 radical (unpaired) electrons. The standard InChI is InChI=1S/C27H32ClFN4O2/c1-5-19(34)10-16-7-6-8-17(9-16)27(35)31-24-13-20(22(28)14-30-24)18-11-21-25(23(29)12-18)32-33(4)26(21)15(2)3/h11-17H,5-10H2,1-4H3,(H,30,31,35)/t16-,17+/m1/s1. The summed E-state index contributed by atoms with van der Waals surface area (Å²) in [5, 5.41) is 8.38. The normalized spacial score (nSPS) is 18.3. The number of anilines is 1. The van der Waals surface area contributed by atoms with Gasteiger partial charge in [-0.25, -0.2) is 9.37 Å². The summed E-state index contributed by atoms with van der Waals surface area (Å²) < 4.78 is 16.7. The fourth-order valence-corrected chi connectivity index (χ4v) is 5.46.